The van der Waals surface area contributed by atoms with Gasteiger partial charge in [-0.2, -0.15) is 0 Å². The van der Waals surface area contributed by atoms with Crippen LogP contribution < -0.4 is 5.32 Å². The molecule has 0 aliphatic rings. The maximum atomic E-state index is 13.8. The number of carbonyl (C=O) groups is 1. The lowest BCUT2D eigenvalue weighted by molar-refractivity contribution is 0.101. The average molecular weight is 407 g/mol. The maximum Gasteiger partial charge on any atom is 0.261 e. The minimum atomic E-state index is -1.00. The molecule has 0 bridgehead atoms. The van der Waals surface area contributed by atoms with E-state index in [0.717, 1.165) is 39.7 Å². The first kappa shape index (κ1) is 18.9. The fourth-order valence-corrected chi connectivity index (χ4v) is 3.71. The van der Waals surface area contributed by atoms with Crippen molar-refractivity contribution < 1.29 is 13.6 Å². The summed E-state index contributed by atoms with van der Waals surface area (Å²) in [5.41, 5.74) is 3.73. The molecule has 4 aromatic rings. The SMILES string of the molecule is Cc1cc(NC(=O)c2c(F)cncc2F)ccc1-c1cccc(-c2nccs2)c1. The van der Waals surface area contributed by atoms with Crippen LogP contribution in [0, 0.1) is 18.6 Å². The van der Waals surface area contributed by atoms with Gasteiger partial charge < -0.3 is 5.32 Å². The van der Waals surface area contributed by atoms with Gasteiger partial charge in [0, 0.05) is 22.8 Å². The molecule has 0 aliphatic carbocycles. The minimum absolute atomic E-state index is 0.447. The van der Waals surface area contributed by atoms with E-state index in [1.165, 1.54) is 0 Å². The average Bonchev–Trinajstić information content (AvgIpc) is 3.23. The van der Waals surface area contributed by atoms with Gasteiger partial charge in [-0.3, -0.25) is 9.78 Å². The highest BCUT2D eigenvalue weighted by atomic mass is 32.1. The van der Waals surface area contributed by atoms with Crippen LogP contribution in [0.2, 0.25) is 0 Å². The molecule has 2 aromatic heterocycles. The Labute approximate surface area is 169 Å². The lowest BCUT2D eigenvalue weighted by atomic mass is 9.98. The first-order valence-corrected chi connectivity index (χ1v) is 9.62. The lowest BCUT2D eigenvalue weighted by Gasteiger charge is -2.11. The van der Waals surface area contributed by atoms with E-state index in [0.29, 0.717) is 5.69 Å². The molecule has 0 spiro atoms. The molecule has 1 N–H and O–H groups in total. The summed E-state index contributed by atoms with van der Waals surface area (Å²) in [6.07, 6.45) is 3.38. The summed E-state index contributed by atoms with van der Waals surface area (Å²) in [4.78, 5) is 20.0. The van der Waals surface area contributed by atoms with Crippen LogP contribution in [0.1, 0.15) is 15.9 Å². The molecule has 29 heavy (non-hydrogen) atoms. The van der Waals surface area contributed by atoms with Crippen LogP contribution in [0.15, 0.2) is 66.4 Å². The van der Waals surface area contributed by atoms with Gasteiger partial charge in [0.25, 0.3) is 5.91 Å². The molecule has 2 heterocycles. The number of benzene rings is 2. The molecule has 0 atom stereocenters. The normalized spacial score (nSPS) is 10.7. The van der Waals surface area contributed by atoms with Crippen LogP contribution in [0.3, 0.4) is 0 Å². The Morgan fingerprint density at radius 3 is 2.48 bits per heavy atom. The van der Waals surface area contributed by atoms with Crippen LogP contribution in [0.4, 0.5) is 14.5 Å². The number of nitrogens with one attached hydrogen (secondary N) is 1. The summed E-state index contributed by atoms with van der Waals surface area (Å²) in [7, 11) is 0. The number of thiazole rings is 1. The maximum absolute atomic E-state index is 13.8. The van der Waals surface area contributed by atoms with Crippen LogP contribution in [0.25, 0.3) is 21.7 Å². The molecule has 0 aliphatic heterocycles. The van der Waals surface area contributed by atoms with E-state index >= 15 is 0 Å². The van der Waals surface area contributed by atoms with Crippen LogP contribution in [-0.4, -0.2) is 15.9 Å². The molecular formula is C22H15F2N3OS. The zero-order valence-electron chi connectivity index (χ0n) is 15.3. The van der Waals surface area contributed by atoms with Gasteiger partial charge in [-0.15, -0.1) is 11.3 Å². The smallest absolute Gasteiger partial charge is 0.261 e. The van der Waals surface area contributed by atoms with Crippen LogP contribution >= 0.6 is 11.3 Å². The zero-order chi connectivity index (χ0) is 20.4. The molecule has 144 valence electrons. The van der Waals surface area contributed by atoms with Gasteiger partial charge in [0.05, 0.1) is 12.4 Å². The number of aromatic nitrogens is 2. The summed E-state index contributed by atoms with van der Waals surface area (Å²) < 4.78 is 27.5. The van der Waals surface area contributed by atoms with Crippen molar-refractivity contribution in [3.63, 3.8) is 0 Å². The van der Waals surface area contributed by atoms with Crippen molar-refractivity contribution in [2.45, 2.75) is 6.92 Å². The largest absolute Gasteiger partial charge is 0.322 e. The van der Waals surface area contributed by atoms with Crippen molar-refractivity contribution >= 4 is 22.9 Å². The summed E-state index contributed by atoms with van der Waals surface area (Å²) in [6, 6.07) is 13.4. The Bertz CT molecular complexity index is 1170. The van der Waals surface area contributed by atoms with Crippen molar-refractivity contribution in [3.05, 3.63) is 89.2 Å². The highest BCUT2D eigenvalue weighted by Gasteiger charge is 2.18. The molecule has 1 amide bonds. The molecule has 0 saturated heterocycles. The zero-order valence-corrected chi connectivity index (χ0v) is 16.1. The molecule has 4 nitrogen and oxygen atoms in total. The summed E-state index contributed by atoms with van der Waals surface area (Å²) in [6.45, 7) is 1.91. The predicted molar refractivity (Wildman–Crippen MR) is 110 cm³/mol. The number of amides is 1. The molecule has 2 aromatic carbocycles. The van der Waals surface area contributed by atoms with Crippen molar-refractivity contribution in [3.8, 4) is 21.7 Å². The molecular weight excluding hydrogens is 392 g/mol. The van der Waals surface area contributed by atoms with Crippen LogP contribution in [-0.2, 0) is 0 Å². The Balaban J connectivity index is 1.61. The third-order valence-corrected chi connectivity index (χ3v) is 5.24. The first-order chi connectivity index (χ1) is 14.0. The quantitative estimate of drug-likeness (QED) is 0.471. The van der Waals surface area contributed by atoms with Gasteiger partial charge in [0.1, 0.15) is 10.6 Å². The van der Waals surface area contributed by atoms with E-state index in [4.69, 9.17) is 0 Å². The fourth-order valence-electron chi connectivity index (χ4n) is 3.07. The number of carbonyl (C=O) groups excluding carboxylic acids is 1. The third-order valence-electron chi connectivity index (χ3n) is 4.42. The van der Waals surface area contributed by atoms with Gasteiger partial charge in [-0.25, -0.2) is 13.8 Å². The second kappa shape index (κ2) is 7.89. The molecule has 4 rings (SSSR count). The lowest BCUT2D eigenvalue weighted by Crippen LogP contribution is -2.16. The number of rotatable bonds is 4. The standard InChI is InChI=1S/C22H15F2N3OS/c1-13-9-16(27-21(28)20-18(23)11-25-12-19(20)24)5-6-17(13)14-3-2-4-15(10-14)22-26-7-8-29-22/h2-12H,1H3,(H,27,28). The van der Waals surface area contributed by atoms with E-state index < -0.39 is 23.1 Å². The molecule has 0 unspecified atom stereocenters. The monoisotopic (exact) mass is 407 g/mol. The Morgan fingerprint density at radius 1 is 1.03 bits per heavy atom. The third kappa shape index (κ3) is 3.90. The minimum Gasteiger partial charge on any atom is -0.322 e. The van der Waals surface area contributed by atoms with Crippen molar-refractivity contribution in [2.75, 3.05) is 5.32 Å². The fraction of sp³-hybridized carbons (Fsp3) is 0.0455. The van der Waals surface area contributed by atoms with Gasteiger partial charge in [0.2, 0.25) is 0 Å². The molecule has 0 saturated carbocycles. The van der Waals surface area contributed by atoms with E-state index in [9.17, 15) is 13.6 Å². The first-order valence-electron chi connectivity index (χ1n) is 8.74. The Morgan fingerprint density at radius 2 is 1.79 bits per heavy atom. The molecule has 7 heteroatoms. The number of anilines is 1. The second-order valence-corrected chi connectivity index (χ2v) is 7.27. The van der Waals surface area contributed by atoms with Gasteiger partial charge in [0.15, 0.2) is 11.6 Å². The van der Waals surface area contributed by atoms with E-state index in [1.54, 1.807) is 29.7 Å². The molecule has 0 fully saturated rings. The van der Waals surface area contributed by atoms with E-state index in [1.807, 2.05) is 36.6 Å². The van der Waals surface area contributed by atoms with E-state index in [-0.39, 0.29) is 0 Å². The number of hydrogen-bond donors (Lipinski definition) is 1. The van der Waals surface area contributed by atoms with Gasteiger partial charge in [-0.05, 0) is 41.8 Å². The summed E-state index contributed by atoms with van der Waals surface area (Å²) >= 11 is 1.57. The van der Waals surface area contributed by atoms with Crippen LogP contribution in [0.5, 0.6) is 0 Å². The summed E-state index contributed by atoms with van der Waals surface area (Å²) in [5.74, 6) is -2.87. The van der Waals surface area contributed by atoms with Gasteiger partial charge >= 0.3 is 0 Å². The Kier molecular flexibility index (Phi) is 5.14. The molecule has 0 radical (unpaired) electrons. The van der Waals surface area contributed by atoms with Gasteiger partial charge in [-0.1, -0.05) is 24.3 Å². The number of aryl methyl sites for hydroxylation is 1. The number of pyridine rings is 1. The summed E-state index contributed by atoms with van der Waals surface area (Å²) in [5, 5.41) is 5.41. The number of halogens is 2. The second-order valence-electron chi connectivity index (χ2n) is 6.38. The van der Waals surface area contributed by atoms with Crippen molar-refractivity contribution in [2.24, 2.45) is 0 Å². The van der Waals surface area contributed by atoms with Crippen molar-refractivity contribution in [1.82, 2.24) is 9.97 Å². The number of hydrogen-bond acceptors (Lipinski definition) is 4. The highest BCUT2D eigenvalue weighted by molar-refractivity contribution is 7.13. The Hall–Kier alpha value is -3.45. The predicted octanol–water partition coefficient (Wildman–Crippen LogP) is 5.71. The topological polar surface area (TPSA) is 54.9 Å². The van der Waals surface area contributed by atoms with Crippen molar-refractivity contribution in [1.29, 1.82) is 0 Å². The van der Waals surface area contributed by atoms with E-state index in [2.05, 4.69) is 21.4 Å². The number of nitrogens with zero attached hydrogens (tertiary/aromatic N) is 2. The highest BCUT2D eigenvalue weighted by Crippen LogP contribution is 2.30.